The Labute approximate surface area is 150 Å². The summed E-state index contributed by atoms with van der Waals surface area (Å²) in [6.07, 6.45) is 12.6. The van der Waals surface area contributed by atoms with Crippen molar-refractivity contribution in [3.05, 3.63) is 48.7 Å². The van der Waals surface area contributed by atoms with Crippen molar-refractivity contribution in [2.45, 2.75) is 65.2 Å². The monoisotopic (exact) mass is 337 g/mol. The van der Waals surface area contributed by atoms with Gasteiger partial charge >= 0.3 is 0 Å². The van der Waals surface area contributed by atoms with Crippen LogP contribution in [0.3, 0.4) is 0 Å². The zero-order valence-electron chi connectivity index (χ0n) is 15.3. The predicted octanol–water partition coefficient (Wildman–Crippen LogP) is 2.96. The largest absolute Gasteiger partial charge is 1.00 e. The van der Waals surface area contributed by atoms with Crippen molar-refractivity contribution in [1.29, 1.82) is 0 Å². The number of hydrogen-bond acceptors (Lipinski definition) is 0. The van der Waals surface area contributed by atoms with Crippen LogP contribution in [0.15, 0.2) is 43.1 Å². The summed E-state index contributed by atoms with van der Waals surface area (Å²) >= 11 is 0. The third-order valence-corrected chi connectivity index (χ3v) is 4.71. The minimum Gasteiger partial charge on any atom is -1.00 e. The van der Waals surface area contributed by atoms with Gasteiger partial charge in [-0.3, -0.25) is 4.48 Å². The smallest absolute Gasteiger partial charge is 0.0885 e. The van der Waals surface area contributed by atoms with E-state index in [9.17, 15) is 0 Å². The Morgan fingerprint density at radius 3 is 1.91 bits per heavy atom. The second kappa shape index (κ2) is 13.6. The fraction of sp³-hybridized carbons (Fsp3) is 0.619. The van der Waals surface area contributed by atoms with E-state index in [1.165, 1.54) is 76.6 Å². The standard InChI is InChI=1S/C21H36N.ClH/c1-4-7-18-22(6-3,19-8-5-2)20-14-10-13-17-21-15-11-9-12-16-21;/h6,9,11-12,15-16H,3-5,7-8,10,13-14,17-20H2,1-2H3;1H/q+1;/p-1. The van der Waals surface area contributed by atoms with Crippen molar-refractivity contribution in [3.63, 3.8) is 0 Å². The Bertz CT molecular complexity index is 380. The van der Waals surface area contributed by atoms with E-state index < -0.39 is 0 Å². The number of nitrogens with zero attached hydrogens (tertiary/aromatic N) is 1. The lowest BCUT2D eigenvalue weighted by atomic mass is 10.1. The Morgan fingerprint density at radius 2 is 1.39 bits per heavy atom. The summed E-state index contributed by atoms with van der Waals surface area (Å²) < 4.78 is 1.13. The van der Waals surface area contributed by atoms with Crippen molar-refractivity contribution in [2.24, 2.45) is 0 Å². The second-order valence-electron chi connectivity index (χ2n) is 6.58. The molecule has 0 unspecified atom stereocenters. The Morgan fingerprint density at radius 1 is 0.826 bits per heavy atom. The van der Waals surface area contributed by atoms with Gasteiger partial charge < -0.3 is 12.4 Å². The maximum atomic E-state index is 4.16. The van der Waals surface area contributed by atoms with Crippen LogP contribution in [0, 0.1) is 0 Å². The topological polar surface area (TPSA) is 0 Å². The van der Waals surface area contributed by atoms with Gasteiger partial charge in [0.05, 0.1) is 25.8 Å². The molecule has 0 atom stereocenters. The molecule has 0 spiro atoms. The molecule has 2 heteroatoms. The molecule has 0 aromatic heterocycles. The van der Waals surface area contributed by atoms with Crippen LogP contribution in [0.25, 0.3) is 0 Å². The quantitative estimate of drug-likeness (QED) is 0.383. The van der Waals surface area contributed by atoms with Gasteiger partial charge in [0.25, 0.3) is 0 Å². The summed E-state index contributed by atoms with van der Waals surface area (Å²) in [4.78, 5) is 0. The van der Waals surface area contributed by atoms with E-state index in [-0.39, 0.29) is 12.4 Å². The van der Waals surface area contributed by atoms with Gasteiger partial charge in [-0.15, -0.1) is 0 Å². The molecule has 0 radical (unpaired) electrons. The number of aryl methyl sites for hydroxylation is 1. The number of hydrogen-bond donors (Lipinski definition) is 0. The van der Waals surface area contributed by atoms with Crippen LogP contribution in [0.2, 0.25) is 0 Å². The number of benzene rings is 1. The van der Waals surface area contributed by atoms with Gasteiger partial charge in [-0.25, -0.2) is 0 Å². The lowest BCUT2D eigenvalue weighted by Crippen LogP contribution is -3.00. The molecule has 0 saturated carbocycles. The van der Waals surface area contributed by atoms with Crippen LogP contribution in [-0.2, 0) is 6.42 Å². The van der Waals surface area contributed by atoms with Crippen molar-refractivity contribution in [1.82, 2.24) is 0 Å². The maximum absolute atomic E-state index is 4.16. The van der Waals surface area contributed by atoms with E-state index in [2.05, 4.69) is 57.0 Å². The second-order valence-corrected chi connectivity index (χ2v) is 6.58. The third kappa shape index (κ3) is 9.17. The number of quaternary nitrogens is 1. The van der Waals surface area contributed by atoms with E-state index in [0.717, 1.165) is 4.48 Å². The molecule has 0 amide bonds. The fourth-order valence-electron chi connectivity index (χ4n) is 3.13. The van der Waals surface area contributed by atoms with Crippen LogP contribution < -0.4 is 12.4 Å². The molecule has 0 bridgehead atoms. The summed E-state index contributed by atoms with van der Waals surface area (Å²) in [6.45, 7) is 12.6. The van der Waals surface area contributed by atoms with Crippen LogP contribution in [0.5, 0.6) is 0 Å². The first-order valence-electron chi connectivity index (χ1n) is 9.29. The Hall–Kier alpha value is -0.790. The highest BCUT2D eigenvalue weighted by molar-refractivity contribution is 5.14. The maximum Gasteiger partial charge on any atom is 0.0885 e. The van der Waals surface area contributed by atoms with Gasteiger partial charge in [0.1, 0.15) is 0 Å². The molecule has 0 fully saturated rings. The van der Waals surface area contributed by atoms with Crippen LogP contribution >= 0.6 is 0 Å². The molecule has 132 valence electrons. The first-order valence-corrected chi connectivity index (χ1v) is 9.29. The highest BCUT2D eigenvalue weighted by atomic mass is 35.5. The molecule has 0 heterocycles. The summed E-state index contributed by atoms with van der Waals surface area (Å²) in [5.74, 6) is 0. The molecule has 0 aliphatic carbocycles. The summed E-state index contributed by atoms with van der Waals surface area (Å²) in [5.41, 5.74) is 1.48. The van der Waals surface area contributed by atoms with E-state index in [1.807, 2.05) is 0 Å². The molecule has 0 N–H and O–H groups in total. The number of halogens is 1. The number of rotatable bonds is 13. The minimum atomic E-state index is 0. The molecule has 1 rings (SSSR count). The molecule has 1 aromatic rings. The lowest BCUT2D eigenvalue weighted by molar-refractivity contribution is -0.880. The van der Waals surface area contributed by atoms with Gasteiger partial charge in [0, 0.05) is 0 Å². The Kier molecular flexibility index (Phi) is 13.2. The summed E-state index contributed by atoms with van der Waals surface area (Å²) in [6, 6.07) is 10.9. The zero-order valence-corrected chi connectivity index (χ0v) is 16.0. The lowest BCUT2D eigenvalue weighted by Gasteiger charge is -2.35. The van der Waals surface area contributed by atoms with Crippen molar-refractivity contribution in [2.75, 3.05) is 19.6 Å². The van der Waals surface area contributed by atoms with Crippen molar-refractivity contribution in [3.8, 4) is 0 Å². The van der Waals surface area contributed by atoms with Crippen LogP contribution in [-0.4, -0.2) is 24.1 Å². The third-order valence-electron chi connectivity index (χ3n) is 4.71. The van der Waals surface area contributed by atoms with Crippen molar-refractivity contribution < 1.29 is 16.9 Å². The van der Waals surface area contributed by atoms with Gasteiger partial charge in [-0.1, -0.05) is 57.0 Å². The molecule has 0 aliphatic heterocycles. The fourth-order valence-corrected chi connectivity index (χ4v) is 3.13. The van der Waals surface area contributed by atoms with Gasteiger partial charge in [-0.05, 0) is 50.7 Å². The molecule has 23 heavy (non-hydrogen) atoms. The van der Waals surface area contributed by atoms with E-state index in [1.54, 1.807) is 0 Å². The van der Waals surface area contributed by atoms with Crippen LogP contribution in [0.4, 0.5) is 0 Å². The average Bonchev–Trinajstić information content (AvgIpc) is 2.57. The van der Waals surface area contributed by atoms with E-state index in [4.69, 9.17) is 0 Å². The molecule has 1 nitrogen and oxygen atoms in total. The van der Waals surface area contributed by atoms with Gasteiger partial charge in [0.2, 0.25) is 0 Å². The molecule has 1 aromatic carbocycles. The van der Waals surface area contributed by atoms with Crippen molar-refractivity contribution >= 4 is 0 Å². The molecule has 0 saturated heterocycles. The van der Waals surface area contributed by atoms with E-state index >= 15 is 0 Å². The highest BCUT2D eigenvalue weighted by Crippen LogP contribution is 2.16. The first-order chi connectivity index (χ1) is 10.8. The minimum absolute atomic E-state index is 0. The predicted molar refractivity (Wildman–Crippen MR) is 98.9 cm³/mol. The normalized spacial score (nSPS) is 11.0. The zero-order chi connectivity index (χ0) is 16.1. The SMILES string of the molecule is C=C[N+](CCCC)(CCCC)CCCCCc1ccccc1.[Cl-]. The first kappa shape index (κ1) is 22.2. The molecular weight excluding hydrogens is 302 g/mol. The highest BCUT2D eigenvalue weighted by Gasteiger charge is 2.22. The van der Waals surface area contributed by atoms with Gasteiger partial charge in [0.15, 0.2) is 0 Å². The summed E-state index contributed by atoms with van der Waals surface area (Å²) in [7, 11) is 0. The molecular formula is C21H36ClN. The summed E-state index contributed by atoms with van der Waals surface area (Å²) in [5, 5.41) is 0. The van der Waals surface area contributed by atoms with E-state index in [0.29, 0.717) is 0 Å². The Balaban J connectivity index is 0.00000484. The number of unbranched alkanes of at least 4 members (excludes halogenated alkanes) is 4. The average molecular weight is 338 g/mol. The molecule has 0 aliphatic rings. The van der Waals surface area contributed by atoms with Gasteiger partial charge in [-0.2, -0.15) is 0 Å². The van der Waals surface area contributed by atoms with Crippen LogP contribution in [0.1, 0.15) is 64.4 Å².